The molecule has 1 N–H and O–H groups in total. The lowest BCUT2D eigenvalue weighted by Crippen LogP contribution is -2.10. The first-order valence-corrected chi connectivity index (χ1v) is 6.43. The van der Waals surface area contributed by atoms with Crippen molar-refractivity contribution >= 4 is 15.8 Å². The Morgan fingerprint density at radius 1 is 1.44 bits per heavy atom. The largest absolute Gasteiger partial charge is 0.478 e. The third-order valence-corrected chi connectivity index (χ3v) is 3.34. The van der Waals surface area contributed by atoms with E-state index in [2.05, 4.69) is 0 Å². The predicted molar refractivity (Wildman–Crippen MR) is 55.8 cm³/mol. The number of sulfone groups is 1. The molecule has 0 saturated heterocycles. The van der Waals surface area contributed by atoms with Crippen LogP contribution in [0.3, 0.4) is 0 Å². The molecule has 0 aliphatic carbocycles. The first-order chi connectivity index (χ1) is 7.29. The van der Waals surface area contributed by atoms with E-state index in [1.807, 2.05) is 0 Å². The molecule has 0 unspecified atom stereocenters. The minimum absolute atomic E-state index is 0.282. The van der Waals surface area contributed by atoms with Gasteiger partial charge in [0.1, 0.15) is 4.90 Å². The minimum atomic E-state index is -3.77. The molecule has 0 spiro atoms. The number of rotatable bonds is 3. The van der Waals surface area contributed by atoms with Crippen LogP contribution < -0.4 is 0 Å². The molecular weight excluding hydrogens is 235 g/mol. The molecule has 0 atom stereocenters. The Morgan fingerprint density at radius 3 is 2.38 bits per heavy atom. The van der Waals surface area contributed by atoms with Crippen LogP contribution in [-0.4, -0.2) is 25.7 Å². The molecule has 0 amide bonds. The molecule has 0 heterocycles. The summed E-state index contributed by atoms with van der Waals surface area (Å²) >= 11 is 0. The fourth-order valence-electron chi connectivity index (χ4n) is 1.44. The van der Waals surface area contributed by atoms with Crippen LogP contribution in [0.4, 0.5) is 4.39 Å². The zero-order chi connectivity index (χ0) is 12.5. The van der Waals surface area contributed by atoms with Crippen LogP contribution in [0, 0.1) is 5.82 Å². The Balaban J connectivity index is 3.67. The zero-order valence-electron chi connectivity index (χ0n) is 8.82. The number of carboxylic acid groups (broad SMARTS) is 1. The van der Waals surface area contributed by atoms with Gasteiger partial charge in [0.25, 0.3) is 0 Å². The SMILES string of the molecule is CCc1ccc(C(=O)O)c(F)c1S(C)(=O)=O. The first kappa shape index (κ1) is 12.6. The van der Waals surface area contributed by atoms with Gasteiger partial charge in [0.05, 0.1) is 5.56 Å². The topological polar surface area (TPSA) is 71.4 Å². The quantitative estimate of drug-likeness (QED) is 0.877. The summed E-state index contributed by atoms with van der Waals surface area (Å²) in [5.74, 6) is -2.67. The van der Waals surface area contributed by atoms with E-state index >= 15 is 0 Å². The van der Waals surface area contributed by atoms with Gasteiger partial charge in [0.15, 0.2) is 15.7 Å². The second-order valence-corrected chi connectivity index (χ2v) is 5.30. The predicted octanol–water partition coefficient (Wildman–Crippen LogP) is 1.49. The average Bonchev–Trinajstić information content (AvgIpc) is 2.14. The van der Waals surface area contributed by atoms with Crippen molar-refractivity contribution in [2.75, 3.05) is 6.26 Å². The Kier molecular flexibility index (Phi) is 3.32. The van der Waals surface area contributed by atoms with Crippen molar-refractivity contribution in [1.29, 1.82) is 0 Å². The van der Waals surface area contributed by atoms with Gasteiger partial charge in [-0.2, -0.15) is 0 Å². The Labute approximate surface area is 92.6 Å². The van der Waals surface area contributed by atoms with Gasteiger partial charge in [0.2, 0.25) is 0 Å². The number of halogens is 1. The summed E-state index contributed by atoms with van der Waals surface area (Å²) in [5.41, 5.74) is -0.345. The molecule has 0 saturated carbocycles. The monoisotopic (exact) mass is 246 g/mol. The molecule has 0 aromatic heterocycles. The minimum Gasteiger partial charge on any atom is -0.478 e. The number of carbonyl (C=O) groups is 1. The highest BCUT2D eigenvalue weighted by Crippen LogP contribution is 2.23. The highest BCUT2D eigenvalue weighted by Gasteiger charge is 2.23. The third-order valence-electron chi connectivity index (χ3n) is 2.16. The van der Waals surface area contributed by atoms with E-state index in [-0.39, 0.29) is 5.56 Å². The van der Waals surface area contributed by atoms with E-state index in [1.54, 1.807) is 6.92 Å². The lowest BCUT2D eigenvalue weighted by Gasteiger charge is -2.09. The molecule has 1 aromatic carbocycles. The molecule has 0 aliphatic heterocycles. The van der Waals surface area contributed by atoms with Crippen LogP contribution in [0.25, 0.3) is 0 Å². The number of hydrogen-bond donors (Lipinski definition) is 1. The van der Waals surface area contributed by atoms with Gasteiger partial charge in [-0.3, -0.25) is 0 Å². The summed E-state index contributed by atoms with van der Waals surface area (Å²) in [4.78, 5) is 10.1. The molecule has 1 aromatic rings. The molecule has 0 aliphatic rings. The van der Waals surface area contributed by atoms with Gasteiger partial charge in [-0.05, 0) is 18.1 Å². The van der Waals surface area contributed by atoms with Gasteiger partial charge in [-0.25, -0.2) is 17.6 Å². The summed E-state index contributed by atoms with van der Waals surface area (Å²) in [5, 5.41) is 8.68. The molecule has 88 valence electrons. The van der Waals surface area contributed by atoms with Gasteiger partial charge in [0, 0.05) is 6.26 Å². The number of benzene rings is 1. The van der Waals surface area contributed by atoms with Crippen molar-refractivity contribution < 1.29 is 22.7 Å². The second-order valence-electron chi connectivity index (χ2n) is 3.35. The Morgan fingerprint density at radius 2 is 2.00 bits per heavy atom. The summed E-state index contributed by atoms with van der Waals surface area (Å²) < 4.78 is 36.5. The second kappa shape index (κ2) is 4.21. The first-order valence-electron chi connectivity index (χ1n) is 4.53. The van der Waals surface area contributed by atoms with Crippen LogP contribution in [0.2, 0.25) is 0 Å². The van der Waals surface area contributed by atoms with E-state index in [0.717, 1.165) is 12.3 Å². The maximum Gasteiger partial charge on any atom is 0.338 e. The molecule has 16 heavy (non-hydrogen) atoms. The van der Waals surface area contributed by atoms with E-state index in [0.29, 0.717) is 6.42 Å². The van der Waals surface area contributed by atoms with Gasteiger partial charge in [-0.15, -0.1) is 0 Å². The summed E-state index contributed by atoms with van der Waals surface area (Å²) in [6.45, 7) is 1.67. The van der Waals surface area contributed by atoms with E-state index < -0.39 is 32.1 Å². The molecule has 1 rings (SSSR count). The van der Waals surface area contributed by atoms with E-state index in [9.17, 15) is 17.6 Å². The van der Waals surface area contributed by atoms with E-state index in [1.165, 1.54) is 6.07 Å². The highest BCUT2D eigenvalue weighted by molar-refractivity contribution is 7.90. The zero-order valence-corrected chi connectivity index (χ0v) is 9.64. The van der Waals surface area contributed by atoms with Crippen molar-refractivity contribution in [1.82, 2.24) is 0 Å². The number of carboxylic acids is 1. The van der Waals surface area contributed by atoms with Crippen LogP contribution in [-0.2, 0) is 16.3 Å². The number of aromatic carboxylic acids is 1. The van der Waals surface area contributed by atoms with Gasteiger partial charge in [-0.1, -0.05) is 13.0 Å². The molecule has 0 radical (unpaired) electrons. The molecular formula is C10H11FO4S. The van der Waals surface area contributed by atoms with E-state index in [4.69, 9.17) is 5.11 Å². The fourth-order valence-corrected chi connectivity index (χ4v) is 2.56. The lowest BCUT2D eigenvalue weighted by molar-refractivity contribution is 0.0691. The maximum atomic E-state index is 13.7. The van der Waals surface area contributed by atoms with Crippen molar-refractivity contribution in [3.8, 4) is 0 Å². The van der Waals surface area contributed by atoms with Crippen LogP contribution in [0.1, 0.15) is 22.8 Å². The molecule has 0 fully saturated rings. The van der Waals surface area contributed by atoms with Crippen LogP contribution in [0.15, 0.2) is 17.0 Å². The average molecular weight is 246 g/mol. The van der Waals surface area contributed by atoms with Crippen LogP contribution >= 0.6 is 0 Å². The third kappa shape index (κ3) is 2.21. The van der Waals surface area contributed by atoms with Crippen molar-refractivity contribution in [3.05, 3.63) is 29.1 Å². The fraction of sp³-hybridized carbons (Fsp3) is 0.300. The van der Waals surface area contributed by atoms with Crippen molar-refractivity contribution in [2.45, 2.75) is 18.2 Å². The highest BCUT2D eigenvalue weighted by atomic mass is 32.2. The number of hydrogen-bond acceptors (Lipinski definition) is 3. The molecule has 0 bridgehead atoms. The Bertz CT molecular complexity index is 534. The summed E-state index contributed by atoms with van der Waals surface area (Å²) in [6, 6.07) is 2.40. The van der Waals surface area contributed by atoms with Gasteiger partial charge >= 0.3 is 5.97 Å². The summed E-state index contributed by atoms with van der Waals surface area (Å²) in [6.07, 6.45) is 1.18. The van der Waals surface area contributed by atoms with Crippen molar-refractivity contribution in [3.63, 3.8) is 0 Å². The standard InChI is InChI=1S/C10H11FO4S/c1-3-6-4-5-7(10(12)13)8(11)9(6)16(2,14)15/h4-5H,3H2,1-2H3,(H,12,13). The smallest absolute Gasteiger partial charge is 0.338 e. The summed E-state index contributed by atoms with van der Waals surface area (Å²) in [7, 11) is -3.77. The van der Waals surface area contributed by atoms with Crippen LogP contribution in [0.5, 0.6) is 0 Å². The lowest BCUT2D eigenvalue weighted by atomic mass is 10.1. The normalized spacial score (nSPS) is 11.4. The number of aryl methyl sites for hydroxylation is 1. The Hall–Kier alpha value is -1.43. The van der Waals surface area contributed by atoms with Gasteiger partial charge < -0.3 is 5.11 Å². The molecule has 6 heteroatoms. The van der Waals surface area contributed by atoms with Crippen molar-refractivity contribution in [2.24, 2.45) is 0 Å². The maximum absolute atomic E-state index is 13.7. The molecule has 4 nitrogen and oxygen atoms in total.